The molecular weight excluding hydrogens is 256 g/mol. The SMILES string of the molecule is C=C1c2ccccc2[C@]2(C)[C@H]1C(=O)C[C@@H]2c1ccccc1. The molecule has 0 amide bonds. The van der Waals surface area contributed by atoms with Gasteiger partial charge in [-0.15, -0.1) is 0 Å². The van der Waals surface area contributed by atoms with Crippen LogP contribution in [0.25, 0.3) is 5.57 Å². The molecule has 2 aliphatic carbocycles. The van der Waals surface area contributed by atoms with Crippen molar-refractivity contribution >= 4 is 11.4 Å². The monoisotopic (exact) mass is 274 g/mol. The van der Waals surface area contributed by atoms with Crippen LogP contribution in [-0.2, 0) is 10.2 Å². The van der Waals surface area contributed by atoms with Gasteiger partial charge in [-0.25, -0.2) is 0 Å². The van der Waals surface area contributed by atoms with Crippen LogP contribution in [0.1, 0.15) is 36.0 Å². The number of carbonyl (C=O) groups excluding carboxylic acids is 1. The van der Waals surface area contributed by atoms with Crippen molar-refractivity contribution in [1.82, 2.24) is 0 Å². The maximum Gasteiger partial charge on any atom is 0.141 e. The zero-order chi connectivity index (χ0) is 14.6. The highest BCUT2D eigenvalue weighted by atomic mass is 16.1. The zero-order valence-electron chi connectivity index (χ0n) is 12.2. The van der Waals surface area contributed by atoms with Crippen molar-refractivity contribution in [2.24, 2.45) is 5.92 Å². The third-order valence-electron chi connectivity index (χ3n) is 5.45. The number of carbonyl (C=O) groups is 1. The molecule has 0 aromatic heterocycles. The molecule has 0 spiro atoms. The first-order chi connectivity index (χ1) is 10.1. The third kappa shape index (κ3) is 1.49. The van der Waals surface area contributed by atoms with E-state index in [9.17, 15) is 4.79 Å². The van der Waals surface area contributed by atoms with Crippen LogP contribution in [0.3, 0.4) is 0 Å². The van der Waals surface area contributed by atoms with E-state index >= 15 is 0 Å². The molecule has 1 fully saturated rings. The second kappa shape index (κ2) is 4.17. The Morgan fingerprint density at radius 3 is 2.48 bits per heavy atom. The summed E-state index contributed by atoms with van der Waals surface area (Å²) in [6.45, 7) is 6.49. The number of benzene rings is 2. The molecule has 0 aliphatic heterocycles. The fourth-order valence-electron chi connectivity index (χ4n) is 4.50. The van der Waals surface area contributed by atoms with Gasteiger partial charge in [-0.1, -0.05) is 68.1 Å². The number of hydrogen-bond donors (Lipinski definition) is 0. The van der Waals surface area contributed by atoms with Crippen LogP contribution in [0.4, 0.5) is 0 Å². The summed E-state index contributed by atoms with van der Waals surface area (Å²) in [5.41, 5.74) is 4.60. The normalized spacial score (nSPS) is 30.3. The molecule has 1 heteroatoms. The molecule has 2 aliphatic rings. The minimum atomic E-state index is -0.147. The Morgan fingerprint density at radius 1 is 1.05 bits per heavy atom. The summed E-state index contributed by atoms with van der Waals surface area (Å²) in [6, 6.07) is 18.8. The van der Waals surface area contributed by atoms with Gasteiger partial charge in [0.05, 0.1) is 5.92 Å². The summed E-state index contributed by atoms with van der Waals surface area (Å²) in [6.07, 6.45) is 0.624. The Balaban J connectivity index is 1.95. The van der Waals surface area contributed by atoms with Gasteiger partial charge >= 0.3 is 0 Å². The lowest BCUT2D eigenvalue weighted by Gasteiger charge is -2.32. The van der Waals surface area contributed by atoms with E-state index in [0.717, 1.165) is 5.57 Å². The Bertz CT molecular complexity index is 743. The average molecular weight is 274 g/mol. The molecule has 0 bridgehead atoms. The number of hydrogen-bond acceptors (Lipinski definition) is 1. The minimum Gasteiger partial charge on any atom is -0.299 e. The summed E-state index contributed by atoms with van der Waals surface area (Å²) in [5.74, 6) is 0.532. The van der Waals surface area contributed by atoms with Gasteiger partial charge in [0.2, 0.25) is 0 Å². The quantitative estimate of drug-likeness (QED) is 0.756. The maximum absolute atomic E-state index is 12.7. The van der Waals surface area contributed by atoms with Gasteiger partial charge in [0.1, 0.15) is 5.78 Å². The van der Waals surface area contributed by atoms with E-state index in [1.54, 1.807) is 0 Å². The molecule has 0 radical (unpaired) electrons. The topological polar surface area (TPSA) is 17.1 Å². The first-order valence-corrected chi connectivity index (χ1v) is 7.50. The Labute approximate surface area is 125 Å². The van der Waals surface area contributed by atoms with Crippen molar-refractivity contribution in [2.75, 3.05) is 0 Å². The summed E-state index contributed by atoms with van der Waals surface area (Å²) in [7, 11) is 0. The molecule has 1 saturated carbocycles. The van der Waals surface area contributed by atoms with E-state index in [4.69, 9.17) is 0 Å². The molecule has 104 valence electrons. The molecule has 0 saturated heterocycles. The van der Waals surface area contributed by atoms with Gasteiger partial charge in [-0.3, -0.25) is 4.79 Å². The van der Waals surface area contributed by atoms with Crippen LogP contribution in [0.2, 0.25) is 0 Å². The number of ketones is 1. The van der Waals surface area contributed by atoms with E-state index in [1.807, 2.05) is 12.1 Å². The second-order valence-corrected chi connectivity index (χ2v) is 6.42. The molecule has 0 N–H and O–H groups in total. The molecule has 4 rings (SSSR count). The van der Waals surface area contributed by atoms with Crippen molar-refractivity contribution < 1.29 is 4.79 Å². The van der Waals surface area contributed by atoms with E-state index in [1.165, 1.54) is 16.7 Å². The Hall–Kier alpha value is -2.15. The van der Waals surface area contributed by atoms with Crippen molar-refractivity contribution in [3.63, 3.8) is 0 Å². The Kier molecular flexibility index (Phi) is 2.50. The van der Waals surface area contributed by atoms with Crippen molar-refractivity contribution in [3.05, 3.63) is 77.9 Å². The summed E-state index contributed by atoms with van der Waals surface area (Å²) in [4.78, 5) is 12.7. The lowest BCUT2D eigenvalue weighted by Crippen LogP contribution is -2.29. The lowest BCUT2D eigenvalue weighted by atomic mass is 9.70. The van der Waals surface area contributed by atoms with Crippen LogP contribution in [-0.4, -0.2) is 5.78 Å². The fraction of sp³-hybridized carbons (Fsp3) is 0.250. The summed E-state index contributed by atoms with van der Waals surface area (Å²) in [5, 5.41) is 0. The number of Topliss-reactive ketones (excluding diaryl/α,β-unsaturated/α-hetero) is 1. The van der Waals surface area contributed by atoms with Crippen LogP contribution in [0, 0.1) is 5.92 Å². The minimum absolute atomic E-state index is 0.0555. The average Bonchev–Trinajstić information content (AvgIpc) is 2.92. The maximum atomic E-state index is 12.7. The summed E-state index contributed by atoms with van der Waals surface area (Å²) >= 11 is 0. The van der Waals surface area contributed by atoms with Gasteiger partial charge in [-0.2, -0.15) is 0 Å². The summed E-state index contributed by atoms with van der Waals surface area (Å²) < 4.78 is 0. The van der Waals surface area contributed by atoms with Crippen LogP contribution < -0.4 is 0 Å². The highest BCUT2D eigenvalue weighted by Crippen LogP contribution is 2.61. The first-order valence-electron chi connectivity index (χ1n) is 7.50. The lowest BCUT2D eigenvalue weighted by molar-refractivity contribution is -0.119. The molecule has 0 heterocycles. The van der Waals surface area contributed by atoms with Gasteiger partial charge in [0.15, 0.2) is 0 Å². The molecular formula is C20H18O. The standard InChI is InChI=1S/C20H18O/c1-13-15-10-6-7-11-16(15)20(2)17(12-18(21)19(13)20)14-8-4-3-5-9-14/h3-11,17,19H,1,12H2,2H3/t17-,19-,20+/m1/s1. The van der Waals surface area contributed by atoms with Gasteiger partial charge in [0.25, 0.3) is 0 Å². The van der Waals surface area contributed by atoms with E-state index < -0.39 is 0 Å². The smallest absolute Gasteiger partial charge is 0.141 e. The van der Waals surface area contributed by atoms with Crippen LogP contribution >= 0.6 is 0 Å². The van der Waals surface area contributed by atoms with E-state index in [0.29, 0.717) is 12.2 Å². The van der Waals surface area contributed by atoms with Gasteiger partial charge in [-0.05, 0) is 22.3 Å². The predicted octanol–water partition coefficient (Wildman–Crippen LogP) is 4.34. The predicted molar refractivity (Wildman–Crippen MR) is 85.1 cm³/mol. The molecule has 0 unspecified atom stereocenters. The molecule has 2 aromatic carbocycles. The number of allylic oxidation sites excluding steroid dienone is 1. The Morgan fingerprint density at radius 2 is 1.71 bits per heavy atom. The van der Waals surface area contributed by atoms with Crippen molar-refractivity contribution in [3.8, 4) is 0 Å². The van der Waals surface area contributed by atoms with Crippen LogP contribution in [0.15, 0.2) is 61.2 Å². The molecule has 2 aromatic rings. The number of rotatable bonds is 1. The third-order valence-corrected chi connectivity index (χ3v) is 5.45. The van der Waals surface area contributed by atoms with E-state index in [2.05, 4.69) is 56.0 Å². The number of fused-ring (bicyclic) bond motifs is 3. The second-order valence-electron chi connectivity index (χ2n) is 6.42. The zero-order valence-corrected chi connectivity index (χ0v) is 12.2. The first kappa shape index (κ1) is 12.6. The molecule has 3 atom stereocenters. The van der Waals surface area contributed by atoms with E-state index in [-0.39, 0.29) is 17.3 Å². The highest BCUT2D eigenvalue weighted by Gasteiger charge is 2.58. The largest absolute Gasteiger partial charge is 0.299 e. The molecule has 21 heavy (non-hydrogen) atoms. The van der Waals surface area contributed by atoms with Crippen LogP contribution in [0.5, 0.6) is 0 Å². The van der Waals surface area contributed by atoms with Gasteiger partial charge in [0, 0.05) is 17.8 Å². The van der Waals surface area contributed by atoms with Crippen molar-refractivity contribution in [2.45, 2.75) is 24.7 Å². The van der Waals surface area contributed by atoms with Gasteiger partial charge < -0.3 is 0 Å². The molecule has 1 nitrogen and oxygen atoms in total. The van der Waals surface area contributed by atoms with Crippen molar-refractivity contribution in [1.29, 1.82) is 0 Å². The highest BCUT2D eigenvalue weighted by molar-refractivity contribution is 6.01. The fourth-order valence-corrected chi connectivity index (χ4v) is 4.50.